The molecule has 1 aliphatic heterocycles. The van der Waals surface area contributed by atoms with E-state index in [4.69, 9.17) is 16.3 Å². The van der Waals surface area contributed by atoms with Crippen molar-refractivity contribution in [2.75, 3.05) is 38.3 Å². The maximum Gasteiger partial charge on any atom is 0.266 e. The molecular formula is C22H27N3O5. The number of aromatic nitrogens is 1. The highest BCUT2D eigenvalue weighted by molar-refractivity contribution is 6.02. The summed E-state index contributed by atoms with van der Waals surface area (Å²) in [7, 11) is 1.70. The lowest BCUT2D eigenvalue weighted by Gasteiger charge is -2.40. The molecule has 8 heteroatoms. The van der Waals surface area contributed by atoms with Crippen molar-refractivity contribution in [1.29, 1.82) is 0 Å². The van der Waals surface area contributed by atoms with Crippen LogP contribution in [0.15, 0.2) is 23.0 Å². The number of aromatic amines is 1. The van der Waals surface area contributed by atoms with Crippen molar-refractivity contribution in [3.05, 3.63) is 39.7 Å². The Morgan fingerprint density at radius 1 is 1.43 bits per heavy atom. The molecule has 1 aromatic heterocycles. The van der Waals surface area contributed by atoms with E-state index in [-0.39, 0.29) is 23.3 Å². The van der Waals surface area contributed by atoms with Gasteiger partial charge in [0.05, 0.1) is 29.5 Å². The molecule has 0 radical (unpaired) electrons. The maximum absolute atomic E-state index is 12.6. The molecule has 30 heavy (non-hydrogen) atoms. The van der Waals surface area contributed by atoms with Crippen LogP contribution in [0, 0.1) is 12.3 Å². The van der Waals surface area contributed by atoms with Gasteiger partial charge >= 0.3 is 0 Å². The summed E-state index contributed by atoms with van der Waals surface area (Å²) in [4.78, 5) is 29.9. The number of methoxy groups -OCH3 is 1. The number of aliphatic hydroxyl groups excluding tert-OH is 2. The lowest BCUT2D eigenvalue weighted by Crippen LogP contribution is -2.44. The number of piperidine rings is 1. The monoisotopic (exact) mass is 413 g/mol. The summed E-state index contributed by atoms with van der Waals surface area (Å²) in [5.74, 6) is 2.11. The molecule has 1 atom stereocenters. The maximum atomic E-state index is 12.6. The zero-order valence-corrected chi connectivity index (χ0v) is 17.2. The number of aliphatic hydroxyl groups is 2. The van der Waals surface area contributed by atoms with Crippen molar-refractivity contribution in [3.8, 4) is 12.3 Å². The molecule has 1 unspecified atom stereocenters. The first-order valence-electron chi connectivity index (χ1n) is 9.85. The smallest absolute Gasteiger partial charge is 0.266 e. The normalized spacial score (nSPS) is 16.8. The molecule has 2 aromatic rings. The Labute approximate surface area is 174 Å². The van der Waals surface area contributed by atoms with E-state index < -0.39 is 18.6 Å². The average Bonchev–Trinajstić information content (AvgIpc) is 2.76. The minimum atomic E-state index is -1.03. The third kappa shape index (κ3) is 4.33. The summed E-state index contributed by atoms with van der Waals surface area (Å²) >= 11 is 0. The van der Waals surface area contributed by atoms with E-state index >= 15 is 0 Å². The quantitative estimate of drug-likeness (QED) is 0.516. The van der Waals surface area contributed by atoms with Crippen molar-refractivity contribution in [2.24, 2.45) is 0 Å². The first-order chi connectivity index (χ1) is 14.3. The van der Waals surface area contributed by atoms with Crippen molar-refractivity contribution in [1.82, 2.24) is 10.3 Å². The van der Waals surface area contributed by atoms with Gasteiger partial charge in [-0.3, -0.25) is 9.59 Å². The van der Waals surface area contributed by atoms with Crippen molar-refractivity contribution < 1.29 is 19.7 Å². The fraction of sp³-hybridized carbons (Fsp3) is 0.455. The van der Waals surface area contributed by atoms with Crippen LogP contribution in [0.1, 0.15) is 35.7 Å². The van der Waals surface area contributed by atoms with Gasteiger partial charge in [0, 0.05) is 37.7 Å². The van der Waals surface area contributed by atoms with Crippen LogP contribution >= 0.6 is 0 Å². The minimum absolute atomic E-state index is 0.0663. The molecule has 0 bridgehead atoms. The number of carbonyl (C=O) groups excluding carboxylic acids is 1. The van der Waals surface area contributed by atoms with Gasteiger partial charge in [0.2, 0.25) is 0 Å². The molecule has 1 amide bonds. The summed E-state index contributed by atoms with van der Waals surface area (Å²) in [6, 6.07) is 4.95. The molecule has 160 valence electrons. The van der Waals surface area contributed by atoms with Gasteiger partial charge < -0.3 is 30.2 Å². The lowest BCUT2D eigenvalue weighted by molar-refractivity contribution is -0.0132. The van der Waals surface area contributed by atoms with Crippen molar-refractivity contribution in [2.45, 2.75) is 31.5 Å². The Balaban J connectivity index is 2.02. The standard InChI is InChI=1S/C22H27N3O5/c1-4-16-19(25-9-7-22(2,30-3)8-10-25)17-11-14(5-6-18(17)24-21(16)29)20(28)23-12-15(27)13-26/h1,5-6,11,15,26-27H,7-10,12-13H2,2-3H3,(H,23,28)(H,24,29). The largest absolute Gasteiger partial charge is 0.394 e. The molecular weight excluding hydrogens is 386 g/mol. The van der Waals surface area contributed by atoms with Crippen LogP contribution in [-0.2, 0) is 4.74 Å². The fourth-order valence-corrected chi connectivity index (χ4v) is 3.66. The van der Waals surface area contributed by atoms with E-state index in [1.165, 1.54) is 0 Å². The topological polar surface area (TPSA) is 115 Å². The van der Waals surface area contributed by atoms with Crippen molar-refractivity contribution >= 4 is 22.5 Å². The Morgan fingerprint density at radius 2 is 2.13 bits per heavy atom. The summed E-state index contributed by atoms with van der Waals surface area (Å²) < 4.78 is 5.61. The van der Waals surface area contributed by atoms with Gasteiger partial charge in [-0.25, -0.2) is 0 Å². The highest BCUT2D eigenvalue weighted by Gasteiger charge is 2.31. The minimum Gasteiger partial charge on any atom is -0.394 e. The van der Waals surface area contributed by atoms with Crippen LogP contribution in [0.3, 0.4) is 0 Å². The molecule has 0 spiro atoms. The number of terminal acetylenes is 1. The van der Waals surface area contributed by atoms with Gasteiger partial charge in [-0.05, 0) is 38.0 Å². The molecule has 0 aliphatic carbocycles. The van der Waals surface area contributed by atoms with E-state index in [1.54, 1.807) is 25.3 Å². The lowest BCUT2D eigenvalue weighted by atomic mass is 9.92. The Morgan fingerprint density at radius 3 is 2.73 bits per heavy atom. The van der Waals surface area contributed by atoms with Gasteiger partial charge in [0.1, 0.15) is 5.56 Å². The summed E-state index contributed by atoms with van der Waals surface area (Å²) in [5.41, 5.74) is 1.26. The van der Waals surface area contributed by atoms with Gasteiger partial charge in [-0.2, -0.15) is 0 Å². The molecule has 1 saturated heterocycles. The molecule has 0 saturated carbocycles. The Bertz CT molecular complexity index is 1030. The van der Waals surface area contributed by atoms with Gasteiger partial charge in [-0.15, -0.1) is 6.42 Å². The first-order valence-corrected chi connectivity index (χ1v) is 9.85. The number of amides is 1. The molecule has 3 rings (SSSR count). The zero-order valence-electron chi connectivity index (χ0n) is 17.2. The molecule has 1 fully saturated rings. The van der Waals surface area contributed by atoms with Gasteiger partial charge in [0.25, 0.3) is 11.5 Å². The number of H-pyrrole nitrogens is 1. The number of nitrogens with zero attached hydrogens (tertiary/aromatic N) is 1. The Hall–Kier alpha value is -2.86. The second-order valence-electron chi connectivity index (χ2n) is 7.77. The number of ether oxygens (including phenoxy) is 1. The number of hydrogen-bond donors (Lipinski definition) is 4. The highest BCUT2D eigenvalue weighted by Crippen LogP contribution is 2.33. The van der Waals surface area contributed by atoms with Gasteiger partial charge in [-0.1, -0.05) is 5.92 Å². The van der Waals surface area contributed by atoms with Crippen LogP contribution in [0.5, 0.6) is 0 Å². The van der Waals surface area contributed by atoms with E-state index in [1.807, 2.05) is 0 Å². The highest BCUT2D eigenvalue weighted by atomic mass is 16.5. The number of anilines is 1. The number of hydrogen-bond acceptors (Lipinski definition) is 6. The molecule has 1 aromatic carbocycles. The average molecular weight is 413 g/mol. The first kappa shape index (κ1) is 21.8. The number of carbonyl (C=O) groups is 1. The predicted octanol–water partition coefficient (Wildman–Crippen LogP) is 0.598. The number of fused-ring (bicyclic) bond motifs is 1. The van der Waals surface area contributed by atoms with Crippen LogP contribution in [0.2, 0.25) is 0 Å². The summed E-state index contributed by atoms with van der Waals surface area (Å²) in [6.45, 7) is 2.88. The SMILES string of the molecule is C#Cc1c(N2CCC(C)(OC)CC2)c2cc(C(=O)NCC(O)CO)ccc2[nH]c1=O. The molecule has 8 nitrogen and oxygen atoms in total. The number of benzene rings is 1. The molecule has 2 heterocycles. The fourth-order valence-electron chi connectivity index (χ4n) is 3.66. The van der Waals surface area contributed by atoms with Gasteiger partial charge in [0.15, 0.2) is 0 Å². The Kier molecular flexibility index (Phi) is 6.46. The predicted molar refractivity (Wildman–Crippen MR) is 115 cm³/mol. The molecule has 1 aliphatic rings. The summed E-state index contributed by atoms with van der Waals surface area (Å²) in [5, 5.41) is 21.6. The van der Waals surface area contributed by atoms with E-state index in [0.717, 1.165) is 12.8 Å². The number of rotatable bonds is 6. The number of pyridine rings is 1. The summed E-state index contributed by atoms with van der Waals surface area (Å²) in [6.07, 6.45) is 6.20. The third-order valence-corrected chi connectivity index (χ3v) is 5.73. The molecule has 4 N–H and O–H groups in total. The van der Waals surface area contributed by atoms with Crippen molar-refractivity contribution in [3.63, 3.8) is 0 Å². The number of nitrogens with one attached hydrogen (secondary N) is 2. The van der Waals surface area contributed by atoms with Crippen LogP contribution in [0.25, 0.3) is 10.9 Å². The van der Waals surface area contributed by atoms with Crippen LogP contribution < -0.4 is 15.8 Å². The van der Waals surface area contributed by atoms with Crippen LogP contribution in [-0.4, -0.2) is 66.2 Å². The van der Waals surface area contributed by atoms with E-state index in [0.29, 0.717) is 35.2 Å². The second-order valence-corrected chi connectivity index (χ2v) is 7.77. The van der Waals surface area contributed by atoms with E-state index in [9.17, 15) is 14.7 Å². The second kappa shape index (κ2) is 8.88. The van der Waals surface area contributed by atoms with Crippen LogP contribution in [0.4, 0.5) is 5.69 Å². The zero-order chi connectivity index (χ0) is 21.9. The third-order valence-electron chi connectivity index (χ3n) is 5.73. The van der Waals surface area contributed by atoms with E-state index in [2.05, 4.69) is 28.0 Å².